The minimum atomic E-state index is 0.0868. The maximum absolute atomic E-state index is 11.8. The van der Waals surface area contributed by atoms with E-state index in [0.29, 0.717) is 5.56 Å². The Hall–Kier alpha value is -3.59. The van der Waals surface area contributed by atoms with Crippen LogP contribution >= 0.6 is 0 Å². The van der Waals surface area contributed by atoms with E-state index >= 15 is 0 Å². The summed E-state index contributed by atoms with van der Waals surface area (Å²) in [7, 11) is 0. The molecule has 27 heavy (non-hydrogen) atoms. The largest absolute Gasteiger partial charge is 0.289 e. The van der Waals surface area contributed by atoms with Crippen molar-refractivity contribution in [2.45, 2.75) is 6.42 Å². The molecular formula is C24H16N2O. The Labute approximate surface area is 157 Å². The summed E-state index contributed by atoms with van der Waals surface area (Å²) in [5, 5.41) is 0. The van der Waals surface area contributed by atoms with E-state index < -0.39 is 0 Å². The van der Waals surface area contributed by atoms with E-state index in [9.17, 15) is 4.79 Å². The maximum Gasteiger partial charge on any atom is 0.195 e. The predicted molar refractivity (Wildman–Crippen MR) is 106 cm³/mol. The first-order valence-electron chi connectivity index (χ1n) is 8.94. The van der Waals surface area contributed by atoms with Crippen molar-refractivity contribution in [3.63, 3.8) is 0 Å². The second-order valence-corrected chi connectivity index (χ2v) is 6.62. The second kappa shape index (κ2) is 6.29. The normalized spacial score (nSPS) is 12.4. The van der Waals surface area contributed by atoms with E-state index in [0.717, 1.165) is 28.9 Å². The van der Waals surface area contributed by atoms with Gasteiger partial charge in [-0.15, -0.1) is 0 Å². The zero-order valence-corrected chi connectivity index (χ0v) is 14.6. The van der Waals surface area contributed by atoms with Crippen molar-refractivity contribution in [1.82, 2.24) is 9.97 Å². The van der Waals surface area contributed by atoms with Crippen molar-refractivity contribution in [2.24, 2.45) is 0 Å². The van der Waals surface area contributed by atoms with Crippen LogP contribution in [0.2, 0.25) is 0 Å². The van der Waals surface area contributed by atoms with Crippen molar-refractivity contribution < 1.29 is 4.79 Å². The van der Waals surface area contributed by atoms with Crippen molar-refractivity contribution >= 4 is 5.78 Å². The van der Waals surface area contributed by atoms with Gasteiger partial charge in [0.05, 0.1) is 11.4 Å². The lowest BCUT2D eigenvalue weighted by Crippen LogP contribution is -1.94. The van der Waals surface area contributed by atoms with Gasteiger partial charge >= 0.3 is 0 Å². The van der Waals surface area contributed by atoms with Crippen molar-refractivity contribution in [3.8, 4) is 22.5 Å². The molecule has 0 amide bonds. The highest BCUT2D eigenvalue weighted by molar-refractivity contribution is 6.20. The minimum Gasteiger partial charge on any atom is -0.289 e. The lowest BCUT2D eigenvalue weighted by atomic mass is 10.1. The van der Waals surface area contributed by atoms with Crippen LogP contribution in [-0.2, 0) is 6.42 Å². The van der Waals surface area contributed by atoms with Crippen LogP contribution in [0.3, 0.4) is 0 Å². The van der Waals surface area contributed by atoms with E-state index in [2.05, 4.69) is 40.3 Å². The van der Waals surface area contributed by atoms with E-state index in [-0.39, 0.29) is 5.78 Å². The smallest absolute Gasteiger partial charge is 0.195 e. The van der Waals surface area contributed by atoms with Gasteiger partial charge in [-0.05, 0) is 29.3 Å². The maximum atomic E-state index is 11.8. The van der Waals surface area contributed by atoms with E-state index in [4.69, 9.17) is 0 Å². The third-order valence-electron chi connectivity index (χ3n) is 5.02. The molecule has 0 radical (unpaired) electrons. The van der Waals surface area contributed by atoms with Crippen LogP contribution in [0, 0.1) is 0 Å². The summed E-state index contributed by atoms with van der Waals surface area (Å²) in [6.45, 7) is 0. The Morgan fingerprint density at radius 3 is 2.00 bits per heavy atom. The third-order valence-corrected chi connectivity index (χ3v) is 5.02. The van der Waals surface area contributed by atoms with E-state index in [1.54, 1.807) is 12.3 Å². The molecule has 2 aliphatic rings. The van der Waals surface area contributed by atoms with Gasteiger partial charge in [-0.2, -0.15) is 0 Å². The van der Waals surface area contributed by atoms with Crippen LogP contribution in [0.5, 0.6) is 0 Å². The topological polar surface area (TPSA) is 42.9 Å². The standard InChI is InChI=1S/C12H7NO.C12H9N/c14-12-9-5-2-1-4-8(9)11-10(12)6-3-7-13-11;1-2-6-11-9(4-1)8-10-5-3-7-13-12(10)11/h1-7H;1-7H,8H2. The molecule has 3 heteroatoms. The van der Waals surface area contributed by atoms with Gasteiger partial charge in [-0.1, -0.05) is 54.6 Å². The molecule has 0 unspecified atom stereocenters. The summed E-state index contributed by atoms with van der Waals surface area (Å²) in [4.78, 5) is 20.5. The van der Waals surface area contributed by atoms with Crippen LogP contribution in [0.25, 0.3) is 22.5 Å². The summed E-state index contributed by atoms with van der Waals surface area (Å²) >= 11 is 0. The number of aromatic nitrogens is 2. The number of hydrogen-bond acceptors (Lipinski definition) is 3. The molecule has 4 aromatic rings. The molecule has 0 fully saturated rings. The lowest BCUT2D eigenvalue weighted by Gasteiger charge is -1.96. The molecule has 0 N–H and O–H groups in total. The molecule has 2 aliphatic carbocycles. The fraction of sp³-hybridized carbons (Fsp3) is 0.0417. The van der Waals surface area contributed by atoms with Crippen molar-refractivity contribution in [1.29, 1.82) is 0 Å². The molecule has 0 saturated heterocycles. The van der Waals surface area contributed by atoms with Gasteiger partial charge in [0.15, 0.2) is 5.78 Å². The molecule has 0 atom stereocenters. The average molecular weight is 348 g/mol. The summed E-state index contributed by atoms with van der Waals surface area (Å²) in [6, 6.07) is 23.8. The zero-order valence-electron chi connectivity index (χ0n) is 14.6. The average Bonchev–Trinajstić information content (AvgIpc) is 3.25. The molecule has 0 aliphatic heterocycles. The van der Waals surface area contributed by atoms with Gasteiger partial charge in [-0.25, -0.2) is 0 Å². The molecule has 2 heterocycles. The Morgan fingerprint density at radius 1 is 0.556 bits per heavy atom. The highest BCUT2D eigenvalue weighted by atomic mass is 16.1. The summed E-state index contributed by atoms with van der Waals surface area (Å²) in [5.74, 6) is 0.0868. The van der Waals surface area contributed by atoms with Crippen LogP contribution in [0.4, 0.5) is 0 Å². The molecule has 3 nitrogen and oxygen atoms in total. The summed E-state index contributed by atoms with van der Waals surface area (Å²) < 4.78 is 0. The molecule has 6 rings (SSSR count). The SMILES string of the molecule is O=C1c2ccccc2-c2ncccc21.c1ccc2c(c1)Cc1cccnc1-2. The first kappa shape index (κ1) is 15.6. The molecule has 128 valence electrons. The zero-order chi connectivity index (χ0) is 18.2. The van der Waals surface area contributed by atoms with Crippen LogP contribution < -0.4 is 0 Å². The number of hydrogen-bond donors (Lipinski definition) is 0. The molecule has 2 aromatic carbocycles. The third kappa shape index (κ3) is 2.56. The first-order chi connectivity index (χ1) is 13.3. The van der Waals surface area contributed by atoms with Gasteiger partial charge in [0.25, 0.3) is 0 Å². The Morgan fingerprint density at radius 2 is 1.15 bits per heavy atom. The van der Waals surface area contributed by atoms with E-state index in [1.807, 2.05) is 42.6 Å². The Balaban J connectivity index is 0.000000119. The van der Waals surface area contributed by atoms with Gasteiger partial charge < -0.3 is 0 Å². The molecular weight excluding hydrogens is 332 g/mol. The lowest BCUT2D eigenvalue weighted by molar-refractivity contribution is 0.104. The Bertz CT molecular complexity index is 1090. The number of benzene rings is 2. The molecule has 0 spiro atoms. The van der Waals surface area contributed by atoms with Gasteiger partial charge in [-0.3, -0.25) is 14.8 Å². The monoisotopic (exact) mass is 348 g/mol. The fourth-order valence-corrected chi connectivity index (χ4v) is 3.77. The number of rotatable bonds is 0. The number of pyridine rings is 2. The van der Waals surface area contributed by atoms with Crippen LogP contribution in [-0.4, -0.2) is 15.8 Å². The summed E-state index contributed by atoms with van der Waals surface area (Å²) in [6.07, 6.45) is 4.62. The predicted octanol–water partition coefficient (Wildman–Crippen LogP) is 4.95. The number of ketones is 1. The highest BCUT2D eigenvalue weighted by Gasteiger charge is 2.26. The minimum absolute atomic E-state index is 0.0868. The number of carbonyl (C=O) groups excluding carboxylic acids is 1. The molecule has 0 saturated carbocycles. The fourth-order valence-electron chi connectivity index (χ4n) is 3.77. The van der Waals surface area contributed by atoms with Crippen molar-refractivity contribution in [3.05, 3.63) is 107 Å². The van der Waals surface area contributed by atoms with E-state index in [1.165, 1.54) is 16.7 Å². The first-order valence-corrected chi connectivity index (χ1v) is 8.94. The number of carbonyl (C=O) groups is 1. The van der Waals surface area contributed by atoms with Gasteiger partial charge in [0, 0.05) is 41.1 Å². The summed E-state index contributed by atoms with van der Waals surface area (Å²) in [5.41, 5.74) is 8.47. The van der Waals surface area contributed by atoms with Gasteiger partial charge in [0.1, 0.15) is 0 Å². The number of fused-ring (bicyclic) bond motifs is 6. The highest BCUT2D eigenvalue weighted by Crippen LogP contribution is 2.34. The van der Waals surface area contributed by atoms with Gasteiger partial charge in [0.2, 0.25) is 0 Å². The Kier molecular flexibility index (Phi) is 3.65. The van der Waals surface area contributed by atoms with Crippen LogP contribution in [0.1, 0.15) is 27.0 Å². The number of nitrogens with zero attached hydrogens (tertiary/aromatic N) is 2. The second-order valence-electron chi connectivity index (χ2n) is 6.62. The molecule has 2 aromatic heterocycles. The quantitative estimate of drug-likeness (QED) is 0.390. The van der Waals surface area contributed by atoms with Crippen LogP contribution in [0.15, 0.2) is 85.2 Å². The molecule has 0 bridgehead atoms. The van der Waals surface area contributed by atoms with Crippen molar-refractivity contribution in [2.75, 3.05) is 0 Å².